The lowest BCUT2D eigenvalue weighted by atomic mass is 10.1. The minimum absolute atomic E-state index is 0.0296. The van der Waals surface area contributed by atoms with Gasteiger partial charge in [0.1, 0.15) is 5.56 Å². The standard InChI is InChI=1S/C14H16ClNO7/c1-20-11(17)10-8(15)6-5-7-9(10)16-14(23-4,12(18)21-2)13(19)22-3/h5-7,16H,1-4H3. The van der Waals surface area contributed by atoms with Gasteiger partial charge in [0, 0.05) is 7.11 Å². The normalized spacial score (nSPS) is 10.7. The molecule has 0 amide bonds. The monoisotopic (exact) mass is 345 g/mol. The Balaban J connectivity index is 3.46. The van der Waals surface area contributed by atoms with E-state index < -0.39 is 23.6 Å². The number of carbonyl (C=O) groups excluding carboxylic acids is 3. The number of hydrogen-bond donors (Lipinski definition) is 1. The summed E-state index contributed by atoms with van der Waals surface area (Å²) in [5.41, 5.74) is -2.36. The van der Waals surface area contributed by atoms with Gasteiger partial charge in [-0.05, 0) is 12.1 Å². The number of hydrogen-bond acceptors (Lipinski definition) is 8. The fourth-order valence-corrected chi connectivity index (χ4v) is 2.07. The van der Waals surface area contributed by atoms with E-state index in [4.69, 9.17) is 16.3 Å². The van der Waals surface area contributed by atoms with Gasteiger partial charge in [0.05, 0.1) is 32.0 Å². The highest BCUT2D eigenvalue weighted by molar-refractivity contribution is 6.34. The highest BCUT2D eigenvalue weighted by Crippen LogP contribution is 2.29. The SMILES string of the molecule is COC(=O)c1c(Cl)cccc1NC(OC)(C(=O)OC)C(=O)OC. The van der Waals surface area contributed by atoms with Crippen LogP contribution in [0.4, 0.5) is 5.69 Å². The predicted molar refractivity (Wildman–Crippen MR) is 80.2 cm³/mol. The van der Waals surface area contributed by atoms with Crippen LogP contribution in [0.1, 0.15) is 10.4 Å². The molecule has 23 heavy (non-hydrogen) atoms. The number of halogens is 1. The minimum Gasteiger partial charge on any atom is -0.465 e. The maximum atomic E-state index is 12.0. The van der Waals surface area contributed by atoms with Gasteiger partial charge in [-0.1, -0.05) is 17.7 Å². The summed E-state index contributed by atoms with van der Waals surface area (Å²) in [7, 11) is 4.41. The van der Waals surface area contributed by atoms with E-state index in [-0.39, 0.29) is 16.3 Å². The quantitative estimate of drug-likeness (QED) is 0.355. The topological polar surface area (TPSA) is 100 Å². The average Bonchev–Trinajstić information content (AvgIpc) is 2.57. The second kappa shape index (κ2) is 7.80. The van der Waals surface area contributed by atoms with Crippen LogP contribution < -0.4 is 5.32 Å². The molecule has 1 aromatic carbocycles. The van der Waals surface area contributed by atoms with E-state index in [9.17, 15) is 14.4 Å². The van der Waals surface area contributed by atoms with Crippen LogP contribution in [0.25, 0.3) is 0 Å². The number of anilines is 1. The zero-order chi connectivity index (χ0) is 17.6. The summed E-state index contributed by atoms with van der Waals surface area (Å²) in [6.07, 6.45) is 0. The first-order chi connectivity index (χ1) is 10.9. The smallest absolute Gasteiger partial charge is 0.371 e. The molecule has 0 atom stereocenters. The summed E-state index contributed by atoms with van der Waals surface area (Å²) in [6, 6.07) is 4.37. The summed E-state index contributed by atoms with van der Waals surface area (Å²) < 4.78 is 18.8. The maximum Gasteiger partial charge on any atom is 0.371 e. The second-order valence-electron chi connectivity index (χ2n) is 4.15. The Morgan fingerprint density at radius 2 is 1.57 bits per heavy atom. The molecule has 0 bridgehead atoms. The minimum atomic E-state index is -2.31. The lowest BCUT2D eigenvalue weighted by molar-refractivity contribution is -0.180. The van der Waals surface area contributed by atoms with Gasteiger partial charge in [0.2, 0.25) is 0 Å². The van der Waals surface area contributed by atoms with Gasteiger partial charge in [-0.15, -0.1) is 0 Å². The molecule has 0 aliphatic carbocycles. The number of carbonyl (C=O) groups is 3. The molecule has 0 saturated heterocycles. The van der Waals surface area contributed by atoms with Gasteiger partial charge in [0.15, 0.2) is 0 Å². The van der Waals surface area contributed by atoms with E-state index >= 15 is 0 Å². The second-order valence-corrected chi connectivity index (χ2v) is 4.55. The molecule has 0 fully saturated rings. The number of nitrogens with one attached hydrogen (secondary N) is 1. The predicted octanol–water partition coefficient (Wildman–Crippen LogP) is 1.23. The molecule has 1 aromatic rings. The van der Waals surface area contributed by atoms with Gasteiger partial charge in [-0.25, -0.2) is 14.4 Å². The van der Waals surface area contributed by atoms with Crippen LogP contribution in [0, 0.1) is 0 Å². The summed E-state index contributed by atoms with van der Waals surface area (Å²) in [5, 5.41) is 2.57. The highest BCUT2D eigenvalue weighted by Gasteiger charge is 2.50. The van der Waals surface area contributed by atoms with Gasteiger partial charge < -0.3 is 24.3 Å². The third-order valence-electron chi connectivity index (χ3n) is 2.97. The number of benzene rings is 1. The van der Waals surface area contributed by atoms with Crippen molar-refractivity contribution in [3.63, 3.8) is 0 Å². The van der Waals surface area contributed by atoms with Crippen molar-refractivity contribution >= 4 is 35.2 Å². The van der Waals surface area contributed by atoms with Gasteiger partial charge in [-0.3, -0.25) is 0 Å². The van der Waals surface area contributed by atoms with Gasteiger partial charge in [-0.2, -0.15) is 0 Å². The Labute approximate surface area is 137 Å². The molecule has 8 nitrogen and oxygen atoms in total. The molecular weight excluding hydrogens is 330 g/mol. The summed E-state index contributed by atoms with van der Waals surface area (Å²) in [5.74, 6) is -2.90. The Hall–Kier alpha value is -2.32. The van der Waals surface area contributed by atoms with E-state index in [0.717, 1.165) is 21.3 Å². The van der Waals surface area contributed by atoms with E-state index in [1.807, 2.05) is 0 Å². The largest absolute Gasteiger partial charge is 0.465 e. The molecule has 0 unspecified atom stereocenters. The molecule has 0 saturated carbocycles. The molecule has 0 heterocycles. The summed E-state index contributed by atoms with van der Waals surface area (Å²) in [6.45, 7) is 0. The third-order valence-corrected chi connectivity index (χ3v) is 3.28. The van der Waals surface area contributed by atoms with Crippen LogP contribution >= 0.6 is 11.6 Å². The van der Waals surface area contributed by atoms with E-state index in [1.54, 1.807) is 0 Å². The van der Waals surface area contributed by atoms with Crippen LogP contribution in [0.2, 0.25) is 5.02 Å². The lowest BCUT2D eigenvalue weighted by Gasteiger charge is -2.29. The van der Waals surface area contributed by atoms with Crippen LogP contribution in [0.15, 0.2) is 18.2 Å². The lowest BCUT2D eigenvalue weighted by Crippen LogP contribution is -2.56. The number of esters is 3. The Kier molecular flexibility index (Phi) is 6.35. The van der Waals surface area contributed by atoms with Gasteiger partial charge >= 0.3 is 23.6 Å². The van der Waals surface area contributed by atoms with Crippen LogP contribution in [0.5, 0.6) is 0 Å². The van der Waals surface area contributed by atoms with Crippen molar-refractivity contribution in [2.45, 2.75) is 5.72 Å². The van der Waals surface area contributed by atoms with E-state index in [1.165, 1.54) is 25.3 Å². The molecule has 1 rings (SSSR count). The zero-order valence-corrected chi connectivity index (χ0v) is 13.7. The molecular formula is C14H16ClNO7. The Bertz CT molecular complexity index is 601. The molecule has 0 spiro atoms. The zero-order valence-electron chi connectivity index (χ0n) is 13.0. The van der Waals surface area contributed by atoms with Crippen LogP contribution in [-0.2, 0) is 28.5 Å². The fourth-order valence-electron chi connectivity index (χ4n) is 1.82. The molecule has 0 aliphatic rings. The first-order valence-corrected chi connectivity index (χ1v) is 6.62. The number of methoxy groups -OCH3 is 4. The van der Waals surface area contributed by atoms with Crippen molar-refractivity contribution in [1.29, 1.82) is 0 Å². The molecule has 0 aromatic heterocycles. The first kappa shape index (κ1) is 18.7. The number of ether oxygens (including phenoxy) is 4. The van der Waals surface area contributed by atoms with E-state index in [0.29, 0.717) is 0 Å². The molecule has 1 N–H and O–H groups in total. The number of rotatable bonds is 6. The Morgan fingerprint density at radius 3 is 2.00 bits per heavy atom. The van der Waals surface area contributed by atoms with E-state index in [2.05, 4.69) is 19.5 Å². The maximum absolute atomic E-state index is 12.0. The summed E-state index contributed by atoms with van der Waals surface area (Å²) in [4.78, 5) is 36.0. The van der Waals surface area contributed by atoms with Crippen molar-refractivity contribution in [2.24, 2.45) is 0 Å². The van der Waals surface area contributed by atoms with Crippen molar-refractivity contribution in [2.75, 3.05) is 33.8 Å². The van der Waals surface area contributed by atoms with Crippen LogP contribution in [0.3, 0.4) is 0 Å². The van der Waals surface area contributed by atoms with Crippen molar-refractivity contribution in [3.05, 3.63) is 28.8 Å². The van der Waals surface area contributed by atoms with Gasteiger partial charge in [0.25, 0.3) is 0 Å². The molecule has 0 radical (unpaired) electrons. The third kappa shape index (κ3) is 3.54. The Morgan fingerprint density at radius 1 is 1.00 bits per heavy atom. The fraction of sp³-hybridized carbons (Fsp3) is 0.357. The highest BCUT2D eigenvalue weighted by atomic mass is 35.5. The van der Waals surface area contributed by atoms with Crippen molar-refractivity contribution in [1.82, 2.24) is 0 Å². The average molecular weight is 346 g/mol. The molecule has 126 valence electrons. The van der Waals surface area contributed by atoms with Crippen molar-refractivity contribution in [3.8, 4) is 0 Å². The summed E-state index contributed by atoms with van der Waals surface area (Å²) >= 11 is 5.99. The molecule has 9 heteroatoms. The first-order valence-electron chi connectivity index (χ1n) is 6.24. The molecule has 0 aliphatic heterocycles. The van der Waals surface area contributed by atoms with Crippen molar-refractivity contribution < 1.29 is 33.3 Å². The van der Waals surface area contributed by atoms with Crippen LogP contribution in [-0.4, -0.2) is 52.1 Å².